The molecule has 1 aliphatic heterocycles. The van der Waals surface area contributed by atoms with Crippen molar-refractivity contribution in [1.29, 1.82) is 0 Å². The van der Waals surface area contributed by atoms with Gasteiger partial charge in [0.2, 0.25) is 5.91 Å². The third-order valence-electron chi connectivity index (χ3n) is 5.50. The SMILES string of the molecule is Cc1onc(-c2ccccc2Cl)c1C(=O)Nc1ccc2c(c1)CN(C(=O)C(C)C)CC2. The molecule has 0 unspecified atom stereocenters. The summed E-state index contributed by atoms with van der Waals surface area (Å²) in [6.45, 7) is 6.78. The topological polar surface area (TPSA) is 75.4 Å². The van der Waals surface area contributed by atoms with Crippen molar-refractivity contribution in [3.63, 3.8) is 0 Å². The number of halogens is 1. The van der Waals surface area contributed by atoms with Gasteiger partial charge in [-0.2, -0.15) is 0 Å². The number of carbonyl (C=O) groups excluding carboxylic acids is 2. The van der Waals surface area contributed by atoms with Crippen LogP contribution in [0.1, 0.15) is 41.1 Å². The van der Waals surface area contributed by atoms with Crippen LogP contribution in [0, 0.1) is 12.8 Å². The first-order chi connectivity index (χ1) is 14.8. The molecule has 31 heavy (non-hydrogen) atoms. The van der Waals surface area contributed by atoms with Crippen molar-refractivity contribution in [2.75, 3.05) is 11.9 Å². The van der Waals surface area contributed by atoms with E-state index in [1.807, 2.05) is 49.1 Å². The van der Waals surface area contributed by atoms with E-state index in [1.165, 1.54) is 5.56 Å². The number of amides is 2. The molecule has 1 N–H and O–H groups in total. The number of fused-ring (bicyclic) bond motifs is 1. The van der Waals surface area contributed by atoms with Crippen LogP contribution in [0.3, 0.4) is 0 Å². The summed E-state index contributed by atoms with van der Waals surface area (Å²) in [7, 11) is 0. The monoisotopic (exact) mass is 437 g/mol. The van der Waals surface area contributed by atoms with Crippen LogP contribution in [0.2, 0.25) is 5.02 Å². The summed E-state index contributed by atoms with van der Waals surface area (Å²) in [5.74, 6) is 0.201. The second kappa shape index (κ2) is 8.55. The van der Waals surface area contributed by atoms with E-state index in [1.54, 1.807) is 19.1 Å². The van der Waals surface area contributed by atoms with Gasteiger partial charge in [-0.05, 0) is 42.7 Å². The molecule has 1 aromatic heterocycles. The Morgan fingerprint density at radius 1 is 1.16 bits per heavy atom. The summed E-state index contributed by atoms with van der Waals surface area (Å²) in [5, 5.41) is 7.50. The molecule has 4 rings (SSSR count). The predicted octanol–water partition coefficient (Wildman–Crippen LogP) is 5.10. The minimum Gasteiger partial charge on any atom is -0.360 e. The molecule has 6 nitrogen and oxygen atoms in total. The molecule has 1 aliphatic rings. The van der Waals surface area contributed by atoms with Crippen molar-refractivity contribution >= 4 is 29.1 Å². The minimum absolute atomic E-state index is 0.0377. The number of rotatable bonds is 4. The molecule has 2 heterocycles. The van der Waals surface area contributed by atoms with Crippen LogP contribution in [0.4, 0.5) is 5.69 Å². The molecule has 7 heteroatoms. The molecule has 0 saturated heterocycles. The molecule has 0 spiro atoms. The van der Waals surface area contributed by atoms with Gasteiger partial charge in [-0.3, -0.25) is 9.59 Å². The molecule has 0 radical (unpaired) electrons. The van der Waals surface area contributed by atoms with Crippen LogP contribution in [0.5, 0.6) is 0 Å². The van der Waals surface area contributed by atoms with Crippen LogP contribution >= 0.6 is 11.6 Å². The van der Waals surface area contributed by atoms with Gasteiger partial charge in [0, 0.05) is 30.3 Å². The van der Waals surface area contributed by atoms with E-state index in [9.17, 15) is 9.59 Å². The van der Waals surface area contributed by atoms with Crippen LogP contribution in [0.25, 0.3) is 11.3 Å². The number of hydrogen-bond acceptors (Lipinski definition) is 4. The third kappa shape index (κ3) is 4.21. The highest BCUT2D eigenvalue weighted by atomic mass is 35.5. The van der Waals surface area contributed by atoms with E-state index in [0.717, 1.165) is 18.5 Å². The van der Waals surface area contributed by atoms with E-state index in [4.69, 9.17) is 16.1 Å². The van der Waals surface area contributed by atoms with Crippen LogP contribution < -0.4 is 5.32 Å². The standard InChI is InChI=1S/C24H24ClN3O3/c1-14(2)24(30)28-11-10-16-8-9-18(12-17(16)13-28)26-23(29)21-15(3)31-27-22(21)19-6-4-5-7-20(19)25/h4-9,12,14H,10-11,13H2,1-3H3,(H,26,29). The first-order valence-corrected chi connectivity index (χ1v) is 10.7. The average molecular weight is 438 g/mol. The van der Waals surface area contributed by atoms with Gasteiger partial charge < -0.3 is 14.7 Å². The van der Waals surface area contributed by atoms with Gasteiger partial charge in [-0.15, -0.1) is 0 Å². The number of hydrogen-bond donors (Lipinski definition) is 1. The summed E-state index contributed by atoms with van der Waals surface area (Å²) in [4.78, 5) is 27.4. The van der Waals surface area contributed by atoms with Crippen LogP contribution in [-0.2, 0) is 17.8 Å². The number of benzene rings is 2. The highest BCUT2D eigenvalue weighted by Gasteiger charge is 2.25. The number of nitrogens with one attached hydrogen (secondary N) is 1. The Kier molecular flexibility index (Phi) is 5.83. The maximum atomic E-state index is 13.1. The molecule has 0 saturated carbocycles. The zero-order valence-corrected chi connectivity index (χ0v) is 18.5. The zero-order chi connectivity index (χ0) is 22.1. The fourth-order valence-electron chi connectivity index (χ4n) is 3.86. The van der Waals surface area contributed by atoms with Crippen molar-refractivity contribution in [3.05, 3.63) is 69.9 Å². The fraction of sp³-hybridized carbons (Fsp3) is 0.292. The maximum absolute atomic E-state index is 13.1. The van der Waals surface area contributed by atoms with Crippen LogP contribution in [-0.4, -0.2) is 28.4 Å². The van der Waals surface area contributed by atoms with E-state index in [-0.39, 0.29) is 17.7 Å². The van der Waals surface area contributed by atoms with Crippen LogP contribution in [0.15, 0.2) is 47.0 Å². The Labute approximate surface area is 186 Å². The summed E-state index contributed by atoms with van der Waals surface area (Å²) < 4.78 is 5.30. The van der Waals surface area contributed by atoms with Gasteiger partial charge in [0.05, 0.1) is 5.02 Å². The number of nitrogens with zero attached hydrogens (tertiary/aromatic N) is 2. The van der Waals surface area contributed by atoms with Gasteiger partial charge in [-0.1, -0.05) is 54.9 Å². The average Bonchev–Trinajstić information content (AvgIpc) is 3.14. The van der Waals surface area contributed by atoms with Crippen molar-refractivity contribution in [1.82, 2.24) is 10.1 Å². The fourth-order valence-corrected chi connectivity index (χ4v) is 4.08. The minimum atomic E-state index is -0.320. The quantitative estimate of drug-likeness (QED) is 0.616. The molecule has 0 fully saturated rings. The lowest BCUT2D eigenvalue weighted by molar-refractivity contribution is -0.135. The summed E-state index contributed by atoms with van der Waals surface area (Å²) in [6.07, 6.45) is 0.809. The van der Waals surface area contributed by atoms with E-state index < -0.39 is 0 Å². The lowest BCUT2D eigenvalue weighted by Gasteiger charge is -2.30. The molecule has 0 atom stereocenters. The predicted molar refractivity (Wildman–Crippen MR) is 120 cm³/mol. The van der Waals surface area contributed by atoms with Gasteiger partial charge in [0.15, 0.2) is 0 Å². The summed E-state index contributed by atoms with van der Waals surface area (Å²) >= 11 is 6.30. The summed E-state index contributed by atoms with van der Waals surface area (Å²) in [5.41, 5.74) is 4.30. The Bertz CT molecular complexity index is 1150. The second-order valence-corrected chi connectivity index (χ2v) is 8.45. The van der Waals surface area contributed by atoms with Crippen molar-refractivity contribution in [3.8, 4) is 11.3 Å². The molecule has 0 bridgehead atoms. The Morgan fingerprint density at radius 2 is 1.94 bits per heavy atom. The second-order valence-electron chi connectivity index (χ2n) is 8.04. The van der Waals surface area contributed by atoms with Crippen molar-refractivity contribution < 1.29 is 14.1 Å². The smallest absolute Gasteiger partial charge is 0.261 e. The molecule has 0 aliphatic carbocycles. The first-order valence-electron chi connectivity index (χ1n) is 10.3. The zero-order valence-electron chi connectivity index (χ0n) is 17.7. The molecule has 2 amide bonds. The third-order valence-corrected chi connectivity index (χ3v) is 5.83. The number of anilines is 1. The van der Waals surface area contributed by atoms with Gasteiger partial charge >= 0.3 is 0 Å². The van der Waals surface area contributed by atoms with Gasteiger partial charge in [0.1, 0.15) is 17.0 Å². The molecule has 2 aromatic carbocycles. The normalized spacial score (nSPS) is 13.3. The summed E-state index contributed by atoms with van der Waals surface area (Å²) in [6, 6.07) is 13.0. The van der Waals surface area contributed by atoms with E-state index >= 15 is 0 Å². The number of carbonyl (C=O) groups is 2. The maximum Gasteiger partial charge on any atom is 0.261 e. The van der Waals surface area contributed by atoms with Gasteiger partial charge in [-0.25, -0.2) is 0 Å². The first kappa shape index (κ1) is 21.1. The Hall–Kier alpha value is -3.12. The molecule has 160 valence electrons. The van der Waals surface area contributed by atoms with Crippen molar-refractivity contribution in [2.45, 2.75) is 33.7 Å². The lowest BCUT2D eigenvalue weighted by atomic mass is 9.98. The number of aromatic nitrogens is 1. The molecular weight excluding hydrogens is 414 g/mol. The molecule has 3 aromatic rings. The largest absolute Gasteiger partial charge is 0.360 e. The Morgan fingerprint density at radius 3 is 2.68 bits per heavy atom. The van der Waals surface area contributed by atoms with E-state index in [0.29, 0.717) is 39.8 Å². The number of aryl methyl sites for hydroxylation is 1. The molecular formula is C24H24ClN3O3. The highest BCUT2D eigenvalue weighted by molar-refractivity contribution is 6.33. The van der Waals surface area contributed by atoms with Crippen molar-refractivity contribution in [2.24, 2.45) is 5.92 Å². The van der Waals surface area contributed by atoms with Gasteiger partial charge in [0.25, 0.3) is 5.91 Å². The lowest BCUT2D eigenvalue weighted by Crippen LogP contribution is -2.38. The van der Waals surface area contributed by atoms with E-state index in [2.05, 4.69) is 10.5 Å². The highest BCUT2D eigenvalue weighted by Crippen LogP contribution is 2.32. The Balaban J connectivity index is 1.59.